The predicted molar refractivity (Wildman–Crippen MR) is 102 cm³/mol. The topological polar surface area (TPSA) is 80.2 Å². The van der Waals surface area contributed by atoms with Crippen molar-refractivity contribution < 1.29 is 4.79 Å². The Kier molecular flexibility index (Phi) is 8.46. The largest absolute Gasteiger partial charge is 0.389 e. The Morgan fingerprint density at radius 1 is 1.32 bits per heavy atom. The average Bonchev–Trinajstić information content (AvgIpc) is 2.64. The number of nitrogens with zero attached hydrogens (tertiary/aromatic N) is 2. The van der Waals surface area contributed by atoms with Gasteiger partial charge in [-0.2, -0.15) is 5.26 Å². The summed E-state index contributed by atoms with van der Waals surface area (Å²) in [5, 5.41) is 18.3. The van der Waals surface area contributed by atoms with Gasteiger partial charge in [0.1, 0.15) is 11.6 Å². The van der Waals surface area contributed by atoms with Gasteiger partial charge >= 0.3 is 0 Å². The van der Waals surface area contributed by atoms with Gasteiger partial charge in [0, 0.05) is 56.5 Å². The third kappa shape index (κ3) is 6.86. The summed E-state index contributed by atoms with van der Waals surface area (Å²) >= 11 is 3.51. The highest BCUT2D eigenvalue weighted by Gasteiger charge is 2.11. The maximum absolute atomic E-state index is 12.1. The molecule has 1 amide bonds. The van der Waals surface area contributed by atoms with Crippen LogP contribution in [0.25, 0.3) is 0 Å². The van der Waals surface area contributed by atoms with Crippen LogP contribution in [-0.2, 0) is 11.2 Å². The van der Waals surface area contributed by atoms with E-state index in [0.717, 1.165) is 43.6 Å². The average molecular weight is 406 g/mol. The Morgan fingerprint density at radius 2 is 2.08 bits per heavy atom. The van der Waals surface area contributed by atoms with E-state index in [-0.39, 0.29) is 11.5 Å². The zero-order chi connectivity index (χ0) is 17.9. The zero-order valence-electron chi connectivity index (χ0n) is 14.2. The fourth-order valence-corrected chi connectivity index (χ4v) is 3.07. The summed E-state index contributed by atoms with van der Waals surface area (Å²) in [6.07, 6.45) is 2.30. The monoisotopic (exact) mass is 405 g/mol. The van der Waals surface area contributed by atoms with Crippen LogP contribution in [0.4, 0.5) is 0 Å². The molecule has 0 unspecified atom stereocenters. The second kappa shape index (κ2) is 10.9. The first-order valence-electron chi connectivity index (χ1n) is 8.49. The molecule has 7 heteroatoms. The maximum atomic E-state index is 12.1. The molecule has 1 fully saturated rings. The zero-order valence-corrected chi connectivity index (χ0v) is 15.8. The van der Waals surface area contributed by atoms with Gasteiger partial charge in [0.25, 0.3) is 5.91 Å². The van der Waals surface area contributed by atoms with E-state index >= 15 is 0 Å². The third-order valence-electron chi connectivity index (χ3n) is 4.03. The fourth-order valence-electron chi connectivity index (χ4n) is 2.59. The highest BCUT2D eigenvalue weighted by atomic mass is 79.9. The summed E-state index contributed by atoms with van der Waals surface area (Å²) in [6, 6.07) is 9.96. The number of benzene rings is 1. The van der Waals surface area contributed by atoms with Crippen molar-refractivity contribution in [3.63, 3.8) is 0 Å². The number of carbonyl (C=O) groups is 1. The van der Waals surface area contributed by atoms with Crippen LogP contribution in [0.3, 0.4) is 0 Å². The molecule has 0 radical (unpaired) electrons. The molecule has 0 aromatic heterocycles. The lowest BCUT2D eigenvalue weighted by Crippen LogP contribution is -2.46. The molecule has 1 aliphatic heterocycles. The van der Waals surface area contributed by atoms with Crippen molar-refractivity contribution in [2.45, 2.75) is 6.42 Å². The molecular formula is C18H24BrN5O. The molecule has 1 aromatic rings. The summed E-state index contributed by atoms with van der Waals surface area (Å²) in [4.78, 5) is 14.3. The number of halogens is 1. The van der Waals surface area contributed by atoms with Gasteiger partial charge < -0.3 is 16.0 Å². The van der Waals surface area contributed by atoms with Crippen LogP contribution in [0.5, 0.6) is 0 Å². The van der Waals surface area contributed by atoms with Crippen molar-refractivity contribution in [2.24, 2.45) is 0 Å². The molecule has 1 saturated heterocycles. The first-order chi connectivity index (χ1) is 12.2. The van der Waals surface area contributed by atoms with Crippen molar-refractivity contribution in [3.05, 3.63) is 46.1 Å². The van der Waals surface area contributed by atoms with Crippen LogP contribution < -0.4 is 16.0 Å². The summed E-state index contributed by atoms with van der Waals surface area (Å²) in [6.45, 7) is 5.97. The summed E-state index contributed by atoms with van der Waals surface area (Å²) in [7, 11) is 0. The number of hydrogen-bond donors (Lipinski definition) is 3. The molecule has 1 heterocycles. The standard InChI is InChI=1S/C18H24BrN5O/c19-17-4-2-1-3-15(17)5-6-22-14-16(13-20)18(25)23-9-12-24-10-7-21-8-11-24/h1-4,14,21-22H,5-12H2,(H,23,25)/b16-14-. The molecule has 0 bridgehead atoms. The fraction of sp³-hybridized carbons (Fsp3) is 0.444. The van der Waals surface area contributed by atoms with Gasteiger partial charge in [-0.15, -0.1) is 0 Å². The Balaban J connectivity index is 1.70. The number of amides is 1. The molecule has 2 rings (SSSR count). The maximum Gasteiger partial charge on any atom is 0.263 e. The lowest BCUT2D eigenvalue weighted by molar-refractivity contribution is -0.117. The molecule has 25 heavy (non-hydrogen) atoms. The highest BCUT2D eigenvalue weighted by molar-refractivity contribution is 9.10. The van der Waals surface area contributed by atoms with E-state index in [1.165, 1.54) is 11.8 Å². The van der Waals surface area contributed by atoms with Crippen LogP contribution in [0.1, 0.15) is 5.56 Å². The van der Waals surface area contributed by atoms with Gasteiger partial charge in [-0.05, 0) is 18.1 Å². The minimum Gasteiger partial charge on any atom is -0.389 e. The van der Waals surface area contributed by atoms with Crippen molar-refractivity contribution in [3.8, 4) is 6.07 Å². The predicted octanol–water partition coefficient (Wildman–Crippen LogP) is 1.01. The summed E-state index contributed by atoms with van der Waals surface area (Å²) < 4.78 is 1.06. The van der Waals surface area contributed by atoms with Gasteiger partial charge in [-0.1, -0.05) is 34.1 Å². The Morgan fingerprint density at radius 3 is 2.80 bits per heavy atom. The third-order valence-corrected chi connectivity index (χ3v) is 4.80. The molecule has 1 aromatic carbocycles. The lowest BCUT2D eigenvalue weighted by atomic mass is 10.1. The molecular weight excluding hydrogens is 382 g/mol. The van der Waals surface area contributed by atoms with Gasteiger partial charge in [0.05, 0.1) is 0 Å². The van der Waals surface area contributed by atoms with E-state index in [0.29, 0.717) is 13.1 Å². The van der Waals surface area contributed by atoms with Crippen LogP contribution in [0, 0.1) is 11.3 Å². The van der Waals surface area contributed by atoms with Crippen LogP contribution >= 0.6 is 15.9 Å². The SMILES string of the molecule is N#C/C(=C/NCCc1ccccc1Br)C(=O)NCCN1CCNCC1. The van der Waals surface area contributed by atoms with Crippen molar-refractivity contribution in [1.29, 1.82) is 5.26 Å². The van der Waals surface area contributed by atoms with Crippen molar-refractivity contribution in [1.82, 2.24) is 20.9 Å². The first-order valence-corrected chi connectivity index (χ1v) is 9.28. The normalized spacial score (nSPS) is 15.4. The second-order valence-electron chi connectivity index (χ2n) is 5.81. The molecule has 134 valence electrons. The Hall–Kier alpha value is -1.88. The van der Waals surface area contributed by atoms with Gasteiger partial charge in [-0.3, -0.25) is 9.69 Å². The smallest absolute Gasteiger partial charge is 0.263 e. The highest BCUT2D eigenvalue weighted by Crippen LogP contribution is 2.15. The van der Waals surface area contributed by atoms with Gasteiger partial charge in [-0.25, -0.2) is 0 Å². The minimum atomic E-state index is -0.328. The van der Waals surface area contributed by atoms with Gasteiger partial charge in [0.15, 0.2) is 0 Å². The van der Waals surface area contributed by atoms with Crippen LogP contribution in [-0.4, -0.2) is 56.6 Å². The number of piperazine rings is 1. The molecule has 6 nitrogen and oxygen atoms in total. The molecule has 3 N–H and O–H groups in total. The molecule has 0 spiro atoms. The van der Waals surface area contributed by atoms with E-state index in [2.05, 4.69) is 36.8 Å². The van der Waals surface area contributed by atoms with Crippen LogP contribution in [0.15, 0.2) is 40.5 Å². The minimum absolute atomic E-state index is 0.104. The van der Waals surface area contributed by atoms with Crippen molar-refractivity contribution >= 4 is 21.8 Å². The number of rotatable bonds is 8. The summed E-state index contributed by atoms with van der Waals surface area (Å²) in [5.41, 5.74) is 1.29. The van der Waals surface area contributed by atoms with E-state index in [9.17, 15) is 4.79 Å². The number of nitriles is 1. The number of nitrogens with one attached hydrogen (secondary N) is 3. The number of carbonyl (C=O) groups excluding carboxylic acids is 1. The molecule has 0 aliphatic carbocycles. The molecule has 1 aliphatic rings. The molecule has 0 saturated carbocycles. The second-order valence-corrected chi connectivity index (χ2v) is 6.67. The Bertz CT molecular complexity index is 635. The molecule has 0 atom stereocenters. The quantitative estimate of drug-likeness (QED) is 0.341. The van der Waals surface area contributed by atoms with E-state index < -0.39 is 0 Å². The van der Waals surface area contributed by atoms with E-state index in [4.69, 9.17) is 5.26 Å². The summed E-state index contributed by atoms with van der Waals surface area (Å²) in [5.74, 6) is -0.328. The number of hydrogen-bond acceptors (Lipinski definition) is 5. The van der Waals surface area contributed by atoms with Crippen LogP contribution in [0.2, 0.25) is 0 Å². The van der Waals surface area contributed by atoms with Gasteiger partial charge in [0.2, 0.25) is 0 Å². The van der Waals surface area contributed by atoms with E-state index in [1.807, 2.05) is 30.3 Å². The first kappa shape index (κ1) is 19.4. The Labute approximate surface area is 157 Å². The van der Waals surface area contributed by atoms with E-state index in [1.54, 1.807) is 0 Å². The lowest BCUT2D eigenvalue weighted by Gasteiger charge is -2.27. The van der Waals surface area contributed by atoms with Crippen molar-refractivity contribution in [2.75, 3.05) is 45.8 Å².